The molecular weight excluding hydrogens is 234 g/mol. The molecule has 1 unspecified atom stereocenters. The van der Waals surface area contributed by atoms with Crippen LogP contribution in [0.4, 0.5) is 0 Å². The van der Waals surface area contributed by atoms with E-state index in [4.69, 9.17) is 5.14 Å². The highest BCUT2D eigenvalue weighted by atomic mass is 32.2. The molecule has 1 atom stereocenters. The minimum atomic E-state index is -1.59. The highest BCUT2D eigenvalue weighted by Crippen LogP contribution is 2.15. The minimum Gasteiger partial charge on any atom is -0.245 e. The number of nitrogens with zero attached hydrogens (tertiary/aromatic N) is 2. The average Bonchev–Trinajstić information content (AvgIpc) is 2.26. The molecule has 1 heterocycles. The molecule has 0 amide bonds. The van der Waals surface area contributed by atoms with Crippen LogP contribution < -0.4 is 5.14 Å². The van der Waals surface area contributed by atoms with Crippen LogP contribution in [0.15, 0.2) is 5.16 Å². The van der Waals surface area contributed by atoms with E-state index in [1.807, 2.05) is 13.8 Å². The lowest BCUT2D eigenvalue weighted by Gasteiger charge is -2.09. The van der Waals surface area contributed by atoms with Gasteiger partial charge in [-0.25, -0.2) is 19.3 Å². The van der Waals surface area contributed by atoms with Gasteiger partial charge in [0.15, 0.2) is 11.0 Å². The Bertz CT molecular complexity index is 384. The molecule has 0 aliphatic rings. The average molecular weight is 255 g/mol. The van der Waals surface area contributed by atoms with Gasteiger partial charge in [0, 0.05) is 11.4 Å². The highest BCUT2D eigenvalue weighted by Gasteiger charge is 2.10. The largest absolute Gasteiger partial charge is 0.245 e. The van der Waals surface area contributed by atoms with Gasteiger partial charge in [-0.1, -0.05) is 26.2 Å². The Balaban J connectivity index is 2.76. The van der Waals surface area contributed by atoms with Gasteiger partial charge in [-0.3, -0.25) is 0 Å². The SMILES string of the molecule is CCCCCCc1c(C)nc(S(N)=O)nc1C. The van der Waals surface area contributed by atoms with Crippen LogP contribution in [0.25, 0.3) is 0 Å². The Morgan fingerprint density at radius 2 is 1.71 bits per heavy atom. The number of hydrogen-bond acceptors (Lipinski definition) is 3. The highest BCUT2D eigenvalue weighted by molar-refractivity contribution is 7.82. The van der Waals surface area contributed by atoms with E-state index in [-0.39, 0.29) is 5.16 Å². The maximum atomic E-state index is 11.1. The Kier molecular flexibility index (Phi) is 5.71. The van der Waals surface area contributed by atoms with Crippen molar-refractivity contribution in [2.75, 3.05) is 0 Å². The molecule has 4 nitrogen and oxygen atoms in total. The molecule has 0 aromatic carbocycles. The van der Waals surface area contributed by atoms with E-state index in [9.17, 15) is 4.21 Å². The first kappa shape index (κ1) is 14.3. The first-order valence-electron chi connectivity index (χ1n) is 6.06. The van der Waals surface area contributed by atoms with Crippen molar-refractivity contribution in [2.45, 2.75) is 58.0 Å². The quantitative estimate of drug-likeness (QED) is 0.626. The molecule has 0 saturated carbocycles. The first-order chi connectivity index (χ1) is 8.06. The van der Waals surface area contributed by atoms with Crippen molar-refractivity contribution in [1.82, 2.24) is 9.97 Å². The van der Waals surface area contributed by atoms with E-state index in [1.165, 1.54) is 24.8 Å². The standard InChI is InChI=1S/C12H21N3OS/c1-4-5-6-7-8-11-9(2)14-12(17(13)16)15-10(11)3/h4-8,13H2,1-3H3. The van der Waals surface area contributed by atoms with Gasteiger partial charge < -0.3 is 0 Å². The van der Waals surface area contributed by atoms with Gasteiger partial charge in [0.1, 0.15) is 0 Å². The van der Waals surface area contributed by atoms with E-state index in [1.54, 1.807) is 0 Å². The number of aromatic nitrogens is 2. The second kappa shape index (κ2) is 6.81. The molecule has 5 heteroatoms. The lowest BCUT2D eigenvalue weighted by molar-refractivity contribution is 0.654. The van der Waals surface area contributed by atoms with Crippen molar-refractivity contribution in [2.24, 2.45) is 5.14 Å². The van der Waals surface area contributed by atoms with Gasteiger partial charge >= 0.3 is 0 Å². The molecule has 17 heavy (non-hydrogen) atoms. The van der Waals surface area contributed by atoms with Crippen molar-refractivity contribution in [1.29, 1.82) is 0 Å². The molecule has 0 fully saturated rings. The predicted molar refractivity (Wildman–Crippen MR) is 69.9 cm³/mol. The van der Waals surface area contributed by atoms with Gasteiger partial charge in [0.25, 0.3) is 0 Å². The number of hydrogen-bond donors (Lipinski definition) is 1. The van der Waals surface area contributed by atoms with Crippen molar-refractivity contribution in [3.63, 3.8) is 0 Å². The lowest BCUT2D eigenvalue weighted by Crippen LogP contribution is -2.12. The summed E-state index contributed by atoms with van der Waals surface area (Å²) >= 11 is 0. The van der Waals surface area contributed by atoms with Gasteiger partial charge in [0.2, 0.25) is 5.16 Å². The Morgan fingerprint density at radius 1 is 1.12 bits per heavy atom. The van der Waals surface area contributed by atoms with Crippen LogP contribution in [0.1, 0.15) is 49.6 Å². The smallest absolute Gasteiger partial charge is 0.234 e. The molecule has 1 aromatic rings. The predicted octanol–water partition coefficient (Wildman–Crippen LogP) is 2.20. The third-order valence-corrected chi connectivity index (χ3v) is 3.40. The number of unbranched alkanes of at least 4 members (excludes halogenated alkanes) is 3. The summed E-state index contributed by atoms with van der Waals surface area (Å²) in [5.41, 5.74) is 2.99. The molecule has 0 aliphatic heterocycles. The van der Waals surface area contributed by atoms with Crippen LogP contribution >= 0.6 is 0 Å². The maximum Gasteiger partial charge on any atom is 0.234 e. The molecule has 1 aromatic heterocycles. The molecule has 0 bridgehead atoms. The normalized spacial score (nSPS) is 12.7. The zero-order chi connectivity index (χ0) is 12.8. The first-order valence-corrected chi connectivity index (χ1v) is 7.27. The topological polar surface area (TPSA) is 68.9 Å². The van der Waals surface area contributed by atoms with Crippen LogP contribution in [0.3, 0.4) is 0 Å². The lowest BCUT2D eigenvalue weighted by atomic mass is 10.0. The summed E-state index contributed by atoms with van der Waals surface area (Å²) < 4.78 is 11.1. The van der Waals surface area contributed by atoms with Crippen LogP contribution in [-0.4, -0.2) is 14.2 Å². The summed E-state index contributed by atoms with van der Waals surface area (Å²) in [6.07, 6.45) is 5.89. The molecule has 2 N–H and O–H groups in total. The Labute approximate surface area is 106 Å². The molecule has 1 rings (SSSR count). The fourth-order valence-electron chi connectivity index (χ4n) is 1.89. The monoisotopic (exact) mass is 255 g/mol. The molecule has 0 aliphatic carbocycles. The second-order valence-corrected chi connectivity index (χ2v) is 5.22. The fraction of sp³-hybridized carbons (Fsp3) is 0.667. The third kappa shape index (κ3) is 4.16. The molecule has 96 valence electrons. The Morgan fingerprint density at radius 3 is 2.18 bits per heavy atom. The summed E-state index contributed by atoms with van der Waals surface area (Å²) in [5, 5.41) is 5.52. The van der Waals surface area contributed by atoms with Crippen molar-refractivity contribution in [3.8, 4) is 0 Å². The summed E-state index contributed by atoms with van der Waals surface area (Å²) in [7, 11) is -1.59. The maximum absolute atomic E-state index is 11.1. The van der Waals surface area contributed by atoms with Crippen LogP contribution in [0.2, 0.25) is 0 Å². The number of nitrogens with two attached hydrogens (primary N) is 1. The van der Waals surface area contributed by atoms with E-state index in [2.05, 4.69) is 16.9 Å². The number of rotatable bonds is 6. The Hall–Kier alpha value is -0.810. The van der Waals surface area contributed by atoms with E-state index in [0.29, 0.717) is 0 Å². The van der Waals surface area contributed by atoms with Gasteiger partial charge in [-0.2, -0.15) is 0 Å². The van der Waals surface area contributed by atoms with Crippen LogP contribution in [0.5, 0.6) is 0 Å². The van der Waals surface area contributed by atoms with Crippen LogP contribution in [0, 0.1) is 13.8 Å². The summed E-state index contributed by atoms with van der Waals surface area (Å²) in [4.78, 5) is 8.39. The molecular formula is C12H21N3OS. The zero-order valence-corrected chi connectivity index (χ0v) is 11.6. The van der Waals surface area contributed by atoms with Crippen LogP contribution in [-0.2, 0) is 17.4 Å². The van der Waals surface area contributed by atoms with Gasteiger partial charge in [0.05, 0.1) is 0 Å². The summed E-state index contributed by atoms with van der Waals surface area (Å²) in [6, 6.07) is 0. The van der Waals surface area contributed by atoms with E-state index >= 15 is 0 Å². The number of aryl methyl sites for hydroxylation is 2. The van der Waals surface area contributed by atoms with Crippen molar-refractivity contribution < 1.29 is 4.21 Å². The van der Waals surface area contributed by atoms with Crippen molar-refractivity contribution >= 4 is 11.0 Å². The van der Waals surface area contributed by atoms with E-state index in [0.717, 1.165) is 24.2 Å². The molecule has 0 saturated heterocycles. The second-order valence-electron chi connectivity index (χ2n) is 4.26. The summed E-state index contributed by atoms with van der Waals surface area (Å²) in [6.45, 7) is 6.06. The van der Waals surface area contributed by atoms with Crippen molar-refractivity contribution in [3.05, 3.63) is 17.0 Å². The minimum absolute atomic E-state index is 0.234. The molecule has 0 radical (unpaired) electrons. The van der Waals surface area contributed by atoms with E-state index < -0.39 is 11.0 Å². The van der Waals surface area contributed by atoms with Gasteiger partial charge in [-0.15, -0.1) is 0 Å². The van der Waals surface area contributed by atoms with Gasteiger partial charge in [-0.05, 0) is 32.3 Å². The third-order valence-electron chi connectivity index (χ3n) is 2.86. The zero-order valence-electron chi connectivity index (χ0n) is 10.8. The fourth-order valence-corrected chi connectivity index (χ4v) is 2.34. The summed E-state index contributed by atoms with van der Waals surface area (Å²) in [5.74, 6) is 0. The molecule has 0 spiro atoms.